The van der Waals surface area contributed by atoms with Gasteiger partial charge in [-0.2, -0.15) is 0 Å². The van der Waals surface area contributed by atoms with E-state index in [1.165, 1.54) is 4.31 Å². The zero-order chi connectivity index (χ0) is 19.5. The number of carbonyl (C=O) groups is 1. The van der Waals surface area contributed by atoms with Crippen LogP contribution in [0.2, 0.25) is 0 Å². The maximum absolute atomic E-state index is 12.3. The smallest absolute Gasteiger partial charge is 0.213 e. The van der Waals surface area contributed by atoms with Crippen LogP contribution in [-0.2, 0) is 24.3 Å². The van der Waals surface area contributed by atoms with Gasteiger partial charge >= 0.3 is 0 Å². The van der Waals surface area contributed by atoms with E-state index in [0.717, 1.165) is 0 Å². The van der Waals surface area contributed by atoms with Crippen LogP contribution >= 0.6 is 0 Å². The summed E-state index contributed by atoms with van der Waals surface area (Å²) in [6.45, 7) is 1.15. The minimum absolute atomic E-state index is 0.0197. The van der Waals surface area contributed by atoms with E-state index in [4.69, 9.17) is 14.6 Å². The van der Waals surface area contributed by atoms with E-state index in [9.17, 15) is 28.5 Å². The number of hydrogen-bond donors (Lipinski definition) is 4. The van der Waals surface area contributed by atoms with Crippen molar-refractivity contribution in [2.75, 3.05) is 32.1 Å². The van der Waals surface area contributed by atoms with Gasteiger partial charge in [-0.15, -0.1) is 0 Å². The van der Waals surface area contributed by atoms with Gasteiger partial charge in [0, 0.05) is 19.0 Å². The number of aliphatic hydroxyl groups excluding tert-OH is 4. The number of nitrogens with zero attached hydrogens (tertiary/aromatic N) is 1. The van der Waals surface area contributed by atoms with Crippen molar-refractivity contribution in [3.63, 3.8) is 0 Å². The molecule has 10 nitrogen and oxygen atoms in total. The van der Waals surface area contributed by atoms with Gasteiger partial charge in [-0.1, -0.05) is 0 Å². The largest absolute Gasteiger partial charge is 0.394 e. The molecule has 0 bridgehead atoms. The van der Waals surface area contributed by atoms with Crippen molar-refractivity contribution < 1.29 is 43.1 Å². The van der Waals surface area contributed by atoms with Crippen molar-refractivity contribution in [3.8, 4) is 0 Å². The first-order chi connectivity index (χ1) is 12.2. The molecule has 152 valence electrons. The van der Waals surface area contributed by atoms with Crippen molar-refractivity contribution in [1.29, 1.82) is 0 Å². The highest BCUT2D eigenvalue weighted by Gasteiger charge is 2.44. The molecule has 0 saturated carbocycles. The molecule has 0 aliphatic carbocycles. The van der Waals surface area contributed by atoms with Gasteiger partial charge in [-0.3, -0.25) is 4.79 Å². The van der Waals surface area contributed by atoms with E-state index in [2.05, 4.69) is 0 Å². The Kier molecular flexibility index (Phi) is 7.51. The van der Waals surface area contributed by atoms with Crippen LogP contribution in [0.3, 0.4) is 0 Å². The summed E-state index contributed by atoms with van der Waals surface area (Å²) in [5, 5.41) is 38.4. The number of carbonyl (C=O) groups excluding carboxylic acids is 1. The number of sulfonamides is 1. The summed E-state index contributed by atoms with van der Waals surface area (Å²) >= 11 is 0. The standard InChI is InChI=1S/C15H27NO9S/c1-2-26(22,23)16-5-3-9(4-6-16)10(18)8-24-15-14(21)13(20)12(19)11(7-17)25-15/h9,11-15,17,19-21H,2-8H2,1H3. The van der Waals surface area contributed by atoms with E-state index in [0.29, 0.717) is 12.8 Å². The van der Waals surface area contributed by atoms with Crippen molar-refractivity contribution in [3.05, 3.63) is 0 Å². The second kappa shape index (κ2) is 9.02. The lowest BCUT2D eigenvalue weighted by atomic mass is 9.94. The average Bonchev–Trinajstić information content (AvgIpc) is 2.65. The Balaban J connectivity index is 1.84. The summed E-state index contributed by atoms with van der Waals surface area (Å²) in [6.07, 6.45) is -6.30. The summed E-state index contributed by atoms with van der Waals surface area (Å²) < 4.78 is 35.4. The van der Waals surface area contributed by atoms with E-state index >= 15 is 0 Å². The summed E-state index contributed by atoms with van der Waals surface area (Å²) in [5.74, 6) is -0.593. The highest BCUT2D eigenvalue weighted by Crippen LogP contribution is 2.24. The number of rotatable bonds is 7. The van der Waals surface area contributed by atoms with Gasteiger partial charge in [0.05, 0.1) is 12.4 Å². The quantitative estimate of drug-likeness (QED) is 0.363. The summed E-state index contributed by atoms with van der Waals surface area (Å²) in [5.41, 5.74) is 0. The second-order valence-corrected chi connectivity index (χ2v) is 8.81. The van der Waals surface area contributed by atoms with Gasteiger partial charge in [0.1, 0.15) is 31.0 Å². The molecule has 26 heavy (non-hydrogen) atoms. The Bertz CT molecular complexity index is 574. The predicted molar refractivity (Wildman–Crippen MR) is 88.5 cm³/mol. The predicted octanol–water partition coefficient (Wildman–Crippen LogP) is -2.57. The molecule has 0 aromatic carbocycles. The van der Waals surface area contributed by atoms with Crippen LogP contribution in [-0.4, -0.2) is 102 Å². The van der Waals surface area contributed by atoms with E-state index < -0.39 is 47.3 Å². The second-order valence-electron chi connectivity index (χ2n) is 6.55. The SMILES string of the molecule is CCS(=O)(=O)N1CCC(C(=O)COC2OC(CO)C(O)C(O)C2O)CC1. The van der Waals surface area contributed by atoms with Crippen molar-refractivity contribution in [1.82, 2.24) is 4.31 Å². The number of aliphatic hydroxyl groups is 4. The molecular formula is C15H27NO9S. The third-order valence-corrected chi connectivity index (χ3v) is 6.79. The number of Topliss-reactive ketones (excluding diaryl/α,β-unsaturated/α-hetero) is 1. The van der Waals surface area contributed by atoms with Crippen LogP contribution in [0.5, 0.6) is 0 Å². The normalized spacial score (nSPS) is 34.7. The topological polar surface area (TPSA) is 154 Å². The molecule has 0 amide bonds. The maximum atomic E-state index is 12.3. The summed E-state index contributed by atoms with van der Waals surface area (Å²) in [4.78, 5) is 12.3. The van der Waals surface area contributed by atoms with Crippen LogP contribution in [0.15, 0.2) is 0 Å². The zero-order valence-corrected chi connectivity index (χ0v) is 15.4. The fourth-order valence-corrected chi connectivity index (χ4v) is 4.26. The first-order valence-electron chi connectivity index (χ1n) is 8.64. The van der Waals surface area contributed by atoms with Crippen LogP contribution in [0.25, 0.3) is 0 Å². The van der Waals surface area contributed by atoms with Crippen molar-refractivity contribution in [2.24, 2.45) is 5.92 Å². The number of ether oxygens (including phenoxy) is 2. The number of piperidine rings is 1. The van der Waals surface area contributed by atoms with Crippen LogP contribution in [0.1, 0.15) is 19.8 Å². The Morgan fingerprint density at radius 1 is 1.15 bits per heavy atom. The number of hydrogen-bond acceptors (Lipinski definition) is 9. The average molecular weight is 397 g/mol. The molecule has 2 heterocycles. The highest BCUT2D eigenvalue weighted by molar-refractivity contribution is 7.89. The van der Waals surface area contributed by atoms with E-state index in [1.54, 1.807) is 6.92 Å². The third-order valence-electron chi connectivity index (χ3n) is 4.91. The Hall–Kier alpha value is -0.660. The summed E-state index contributed by atoms with van der Waals surface area (Å²) in [7, 11) is -3.26. The third kappa shape index (κ3) is 4.78. The molecule has 0 radical (unpaired) electrons. The first-order valence-corrected chi connectivity index (χ1v) is 10.2. The Morgan fingerprint density at radius 3 is 2.31 bits per heavy atom. The Morgan fingerprint density at radius 2 is 1.77 bits per heavy atom. The molecule has 0 aromatic heterocycles. The fourth-order valence-electron chi connectivity index (χ4n) is 3.13. The van der Waals surface area contributed by atoms with Crippen LogP contribution in [0, 0.1) is 5.92 Å². The molecule has 11 heteroatoms. The molecule has 4 N–H and O–H groups in total. The molecule has 2 saturated heterocycles. The lowest BCUT2D eigenvalue weighted by molar-refractivity contribution is -0.299. The van der Waals surface area contributed by atoms with Gasteiger partial charge < -0.3 is 29.9 Å². The van der Waals surface area contributed by atoms with Gasteiger partial charge in [-0.05, 0) is 19.8 Å². The van der Waals surface area contributed by atoms with E-state index in [1.807, 2.05) is 0 Å². The molecule has 2 rings (SSSR count). The molecular weight excluding hydrogens is 370 g/mol. The van der Waals surface area contributed by atoms with Crippen LogP contribution in [0.4, 0.5) is 0 Å². The first kappa shape index (κ1) is 21.6. The Labute approximate surface area is 152 Å². The molecule has 2 aliphatic heterocycles. The lowest BCUT2D eigenvalue weighted by Gasteiger charge is -2.39. The molecule has 2 fully saturated rings. The molecule has 5 unspecified atom stereocenters. The van der Waals surface area contributed by atoms with Crippen LogP contribution < -0.4 is 0 Å². The molecule has 0 spiro atoms. The monoisotopic (exact) mass is 397 g/mol. The van der Waals surface area contributed by atoms with Crippen molar-refractivity contribution >= 4 is 15.8 Å². The fraction of sp³-hybridized carbons (Fsp3) is 0.933. The molecule has 2 aliphatic rings. The van der Waals surface area contributed by atoms with E-state index in [-0.39, 0.29) is 37.2 Å². The van der Waals surface area contributed by atoms with Gasteiger partial charge in [-0.25, -0.2) is 12.7 Å². The maximum Gasteiger partial charge on any atom is 0.213 e. The highest BCUT2D eigenvalue weighted by atomic mass is 32.2. The molecule has 5 atom stereocenters. The van der Waals surface area contributed by atoms with Gasteiger partial charge in [0.15, 0.2) is 12.1 Å². The van der Waals surface area contributed by atoms with Crippen molar-refractivity contribution in [2.45, 2.75) is 50.5 Å². The minimum atomic E-state index is -3.26. The molecule has 0 aromatic rings. The minimum Gasteiger partial charge on any atom is -0.394 e. The number of ketones is 1. The zero-order valence-electron chi connectivity index (χ0n) is 14.6. The lowest BCUT2D eigenvalue weighted by Crippen LogP contribution is -2.59. The van der Waals surface area contributed by atoms with Gasteiger partial charge in [0.25, 0.3) is 0 Å². The summed E-state index contributed by atoms with van der Waals surface area (Å²) in [6, 6.07) is 0. The van der Waals surface area contributed by atoms with Gasteiger partial charge in [0.2, 0.25) is 10.0 Å².